The molecule has 3 rings (SSSR count). The van der Waals surface area contributed by atoms with Crippen LogP contribution in [0.5, 0.6) is 0 Å². The maximum absolute atomic E-state index is 5.66. The summed E-state index contributed by atoms with van der Waals surface area (Å²) in [5.74, 6) is 1.40. The number of thioether (sulfide) groups is 1. The maximum Gasteiger partial charge on any atom is 0.277 e. The second-order valence-corrected chi connectivity index (χ2v) is 5.44. The SMILES string of the molecule is Cc1ccc(CSc2nnc(-c3ccccc3)o2)cc1. The lowest BCUT2D eigenvalue weighted by Crippen LogP contribution is -1.81. The fraction of sp³-hybridized carbons (Fsp3) is 0.125. The van der Waals surface area contributed by atoms with Crippen LogP contribution < -0.4 is 0 Å². The van der Waals surface area contributed by atoms with Gasteiger partial charge in [-0.05, 0) is 24.6 Å². The van der Waals surface area contributed by atoms with E-state index in [-0.39, 0.29) is 0 Å². The van der Waals surface area contributed by atoms with Crippen LogP contribution in [0.1, 0.15) is 11.1 Å². The largest absolute Gasteiger partial charge is 0.411 e. The van der Waals surface area contributed by atoms with Crippen molar-refractivity contribution < 1.29 is 4.42 Å². The summed E-state index contributed by atoms with van der Waals surface area (Å²) >= 11 is 1.55. The molecule has 3 aromatic rings. The number of benzene rings is 2. The lowest BCUT2D eigenvalue weighted by molar-refractivity contribution is 0.466. The molecule has 0 saturated heterocycles. The Morgan fingerprint density at radius 1 is 0.950 bits per heavy atom. The summed E-state index contributed by atoms with van der Waals surface area (Å²) in [5, 5.41) is 8.75. The van der Waals surface area contributed by atoms with E-state index < -0.39 is 0 Å². The third-order valence-electron chi connectivity index (χ3n) is 2.91. The van der Waals surface area contributed by atoms with Crippen molar-refractivity contribution in [2.45, 2.75) is 17.9 Å². The Bertz CT molecular complexity index is 677. The summed E-state index contributed by atoms with van der Waals surface area (Å²) in [6, 6.07) is 18.3. The number of aryl methyl sites for hydroxylation is 1. The van der Waals surface area contributed by atoms with Gasteiger partial charge in [-0.2, -0.15) is 0 Å². The summed E-state index contributed by atoms with van der Waals surface area (Å²) < 4.78 is 5.66. The molecule has 2 aromatic carbocycles. The quantitative estimate of drug-likeness (QED) is 0.667. The molecule has 0 amide bonds. The number of hydrogen-bond donors (Lipinski definition) is 0. The fourth-order valence-electron chi connectivity index (χ4n) is 1.79. The summed E-state index contributed by atoms with van der Waals surface area (Å²) in [7, 11) is 0. The highest BCUT2D eigenvalue weighted by atomic mass is 32.2. The van der Waals surface area contributed by atoms with Crippen molar-refractivity contribution in [3.63, 3.8) is 0 Å². The Kier molecular flexibility index (Phi) is 3.83. The normalized spacial score (nSPS) is 10.7. The van der Waals surface area contributed by atoms with Crippen LogP contribution in [0, 0.1) is 6.92 Å². The van der Waals surface area contributed by atoms with Gasteiger partial charge in [0.05, 0.1) is 0 Å². The van der Waals surface area contributed by atoms with Crippen molar-refractivity contribution in [3.05, 3.63) is 65.7 Å². The van der Waals surface area contributed by atoms with Crippen molar-refractivity contribution in [1.29, 1.82) is 0 Å². The van der Waals surface area contributed by atoms with E-state index in [9.17, 15) is 0 Å². The van der Waals surface area contributed by atoms with Gasteiger partial charge in [-0.1, -0.05) is 59.8 Å². The molecule has 0 aliphatic carbocycles. The maximum atomic E-state index is 5.66. The predicted molar refractivity (Wildman–Crippen MR) is 80.5 cm³/mol. The molecule has 0 atom stereocenters. The van der Waals surface area contributed by atoms with Crippen molar-refractivity contribution in [2.24, 2.45) is 0 Å². The summed E-state index contributed by atoms with van der Waals surface area (Å²) in [6.45, 7) is 2.08. The van der Waals surface area contributed by atoms with Crippen LogP contribution in [0.3, 0.4) is 0 Å². The van der Waals surface area contributed by atoms with E-state index in [2.05, 4.69) is 41.4 Å². The molecule has 0 aliphatic rings. The number of aromatic nitrogens is 2. The monoisotopic (exact) mass is 282 g/mol. The van der Waals surface area contributed by atoms with E-state index in [1.54, 1.807) is 11.8 Å². The molecule has 0 bridgehead atoms. The molecule has 1 aromatic heterocycles. The molecule has 4 heteroatoms. The van der Waals surface area contributed by atoms with Crippen molar-refractivity contribution >= 4 is 11.8 Å². The molecule has 0 spiro atoms. The second kappa shape index (κ2) is 5.92. The highest BCUT2D eigenvalue weighted by Gasteiger charge is 2.08. The smallest absolute Gasteiger partial charge is 0.277 e. The van der Waals surface area contributed by atoms with Crippen LogP contribution in [0.4, 0.5) is 0 Å². The minimum atomic E-state index is 0.567. The van der Waals surface area contributed by atoms with E-state index in [4.69, 9.17) is 4.42 Å². The number of nitrogens with zero attached hydrogens (tertiary/aromatic N) is 2. The molecule has 20 heavy (non-hydrogen) atoms. The van der Waals surface area contributed by atoms with Crippen molar-refractivity contribution in [1.82, 2.24) is 10.2 Å². The third-order valence-corrected chi connectivity index (χ3v) is 3.80. The van der Waals surface area contributed by atoms with Crippen LogP contribution in [0.25, 0.3) is 11.5 Å². The second-order valence-electron chi connectivity index (χ2n) is 4.51. The first-order chi connectivity index (χ1) is 9.81. The van der Waals surface area contributed by atoms with E-state index in [1.807, 2.05) is 30.3 Å². The number of hydrogen-bond acceptors (Lipinski definition) is 4. The minimum absolute atomic E-state index is 0.567. The highest BCUT2D eigenvalue weighted by molar-refractivity contribution is 7.98. The Labute approximate surface area is 122 Å². The van der Waals surface area contributed by atoms with Gasteiger partial charge in [0.15, 0.2) is 0 Å². The van der Waals surface area contributed by atoms with E-state index in [0.717, 1.165) is 11.3 Å². The van der Waals surface area contributed by atoms with Gasteiger partial charge >= 0.3 is 0 Å². The topological polar surface area (TPSA) is 38.9 Å². The summed E-state index contributed by atoms with van der Waals surface area (Å²) in [5.41, 5.74) is 3.46. The van der Waals surface area contributed by atoms with Crippen LogP contribution in [0.15, 0.2) is 64.2 Å². The molecular formula is C16H14N2OS. The highest BCUT2D eigenvalue weighted by Crippen LogP contribution is 2.25. The molecule has 0 fully saturated rings. The Morgan fingerprint density at radius 2 is 1.70 bits per heavy atom. The van der Waals surface area contributed by atoms with Crippen molar-refractivity contribution in [2.75, 3.05) is 0 Å². The van der Waals surface area contributed by atoms with Gasteiger partial charge in [-0.15, -0.1) is 10.2 Å². The Hall–Kier alpha value is -2.07. The third kappa shape index (κ3) is 3.08. The molecule has 0 radical (unpaired) electrons. The molecule has 3 nitrogen and oxygen atoms in total. The van der Waals surface area contributed by atoms with Crippen LogP contribution in [-0.4, -0.2) is 10.2 Å². The van der Waals surface area contributed by atoms with Gasteiger partial charge in [0, 0.05) is 11.3 Å². The lowest BCUT2D eigenvalue weighted by atomic mass is 10.2. The molecule has 1 heterocycles. The van der Waals surface area contributed by atoms with Crippen LogP contribution >= 0.6 is 11.8 Å². The van der Waals surface area contributed by atoms with E-state index in [1.165, 1.54) is 11.1 Å². The van der Waals surface area contributed by atoms with Crippen LogP contribution in [0.2, 0.25) is 0 Å². The van der Waals surface area contributed by atoms with Gasteiger partial charge < -0.3 is 4.42 Å². The first-order valence-corrected chi connectivity index (χ1v) is 7.37. The Balaban J connectivity index is 1.67. The molecule has 0 unspecified atom stereocenters. The lowest BCUT2D eigenvalue weighted by Gasteiger charge is -1.98. The molecule has 100 valence electrons. The first kappa shape index (κ1) is 12.9. The first-order valence-electron chi connectivity index (χ1n) is 6.38. The minimum Gasteiger partial charge on any atom is -0.411 e. The molecule has 0 saturated carbocycles. The zero-order valence-corrected chi connectivity index (χ0v) is 11.9. The molecule has 0 aliphatic heterocycles. The van der Waals surface area contributed by atoms with Gasteiger partial charge in [-0.3, -0.25) is 0 Å². The van der Waals surface area contributed by atoms with E-state index in [0.29, 0.717) is 11.1 Å². The van der Waals surface area contributed by atoms with Gasteiger partial charge in [0.25, 0.3) is 5.22 Å². The van der Waals surface area contributed by atoms with Gasteiger partial charge in [0.2, 0.25) is 5.89 Å². The Morgan fingerprint density at radius 3 is 2.45 bits per heavy atom. The van der Waals surface area contributed by atoms with Crippen molar-refractivity contribution in [3.8, 4) is 11.5 Å². The van der Waals surface area contributed by atoms with Crippen LogP contribution in [-0.2, 0) is 5.75 Å². The zero-order chi connectivity index (χ0) is 13.8. The average Bonchev–Trinajstić information content (AvgIpc) is 2.97. The summed E-state index contributed by atoms with van der Waals surface area (Å²) in [6.07, 6.45) is 0. The number of rotatable bonds is 4. The predicted octanol–water partition coefficient (Wildman–Crippen LogP) is 4.34. The molecular weight excluding hydrogens is 268 g/mol. The zero-order valence-electron chi connectivity index (χ0n) is 11.1. The van der Waals surface area contributed by atoms with E-state index >= 15 is 0 Å². The van der Waals surface area contributed by atoms with Gasteiger partial charge in [-0.25, -0.2) is 0 Å². The average molecular weight is 282 g/mol. The van der Waals surface area contributed by atoms with Gasteiger partial charge in [0.1, 0.15) is 0 Å². The fourth-order valence-corrected chi connectivity index (χ4v) is 2.51. The molecule has 0 N–H and O–H groups in total. The standard InChI is InChI=1S/C16H14N2OS/c1-12-7-9-13(10-8-12)11-20-16-18-17-15(19-16)14-5-3-2-4-6-14/h2-10H,11H2,1H3. The summed E-state index contributed by atoms with van der Waals surface area (Å²) in [4.78, 5) is 0.